The summed E-state index contributed by atoms with van der Waals surface area (Å²) >= 11 is 0. The highest BCUT2D eigenvalue weighted by molar-refractivity contribution is 5.96. The molecule has 8 nitrogen and oxygen atoms in total. The number of rotatable bonds is 2. The van der Waals surface area contributed by atoms with E-state index in [9.17, 15) is 14.8 Å². The van der Waals surface area contributed by atoms with Crippen LogP contribution in [0, 0.1) is 63.1 Å². The first-order valence-electron chi connectivity index (χ1n) is 20.4. The molecule has 0 heterocycles. The van der Waals surface area contributed by atoms with E-state index < -0.39 is 0 Å². The lowest BCUT2D eigenvalue weighted by atomic mass is 9.45. The number of allylic oxidation sites excluding steroid dienone is 4. The highest BCUT2D eigenvalue weighted by atomic mass is 16.5. The average Bonchev–Trinajstić information content (AvgIpc) is 3.59. The molecule has 13 atom stereocenters. The first-order chi connectivity index (χ1) is 24.2. The number of hydrogen-bond donors (Lipinski definition) is 2. The van der Waals surface area contributed by atoms with Crippen molar-refractivity contribution in [2.45, 2.75) is 157 Å². The predicted octanol–water partition coefficient (Wildman–Crippen LogP) is 9.67. The van der Waals surface area contributed by atoms with Crippen molar-refractivity contribution in [3.8, 4) is 0 Å². The number of carbonyl (C=O) groups is 2. The van der Waals surface area contributed by atoms with E-state index in [0.29, 0.717) is 23.7 Å². The monoisotopic (exact) mass is 704 g/mol. The number of nitrogens with zero attached hydrogens (tertiary/aromatic N) is 2. The van der Waals surface area contributed by atoms with Crippen LogP contribution < -0.4 is 0 Å². The minimum Gasteiger partial charge on any atom is -0.462 e. The van der Waals surface area contributed by atoms with Gasteiger partial charge in [0.25, 0.3) is 0 Å². The molecule has 8 heteroatoms. The van der Waals surface area contributed by atoms with Crippen LogP contribution in [-0.4, -0.2) is 46.0 Å². The Balaban J connectivity index is 0.000000159. The molecule has 0 aromatic heterocycles. The van der Waals surface area contributed by atoms with E-state index in [1.165, 1.54) is 56.1 Å². The molecule has 0 spiro atoms. The van der Waals surface area contributed by atoms with Crippen LogP contribution in [0.25, 0.3) is 0 Å². The molecule has 2 N–H and O–H groups in total. The molecule has 0 saturated heterocycles. The molecule has 6 saturated carbocycles. The van der Waals surface area contributed by atoms with Gasteiger partial charge in [-0.3, -0.25) is 9.59 Å². The van der Waals surface area contributed by atoms with Gasteiger partial charge in [-0.25, -0.2) is 0 Å². The summed E-state index contributed by atoms with van der Waals surface area (Å²) in [5.74, 6) is 4.53. The summed E-state index contributed by atoms with van der Waals surface area (Å²) in [6.45, 7) is 15.1. The number of esters is 2. The van der Waals surface area contributed by atoms with Gasteiger partial charge in [-0.05, 0) is 161 Å². The van der Waals surface area contributed by atoms with E-state index in [0.717, 1.165) is 80.5 Å². The van der Waals surface area contributed by atoms with Gasteiger partial charge in [0.15, 0.2) is 0 Å². The van der Waals surface area contributed by atoms with Crippen LogP contribution in [0.4, 0.5) is 0 Å². The lowest BCUT2D eigenvalue weighted by Crippen LogP contribution is -2.53. The van der Waals surface area contributed by atoms with E-state index in [-0.39, 0.29) is 45.8 Å². The van der Waals surface area contributed by atoms with Crippen LogP contribution in [0.1, 0.15) is 145 Å². The Bertz CT molecular complexity index is 1530. The Morgan fingerprint density at radius 3 is 1.71 bits per heavy atom. The molecule has 8 aliphatic carbocycles. The van der Waals surface area contributed by atoms with E-state index in [1.807, 2.05) is 0 Å². The van der Waals surface area contributed by atoms with Gasteiger partial charge in [-0.15, -0.1) is 0 Å². The zero-order valence-corrected chi connectivity index (χ0v) is 32.4. The number of carbonyl (C=O) groups excluding carboxylic acids is 2. The normalized spacial score (nSPS) is 48.3. The van der Waals surface area contributed by atoms with Crippen LogP contribution in [0.2, 0.25) is 0 Å². The number of oxime groups is 2. The molecule has 0 amide bonds. The molecule has 6 fully saturated rings. The van der Waals surface area contributed by atoms with E-state index in [4.69, 9.17) is 14.7 Å². The summed E-state index contributed by atoms with van der Waals surface area (Å²) in [5, 5.41) is 25.4. The molecule has 282 valence electrons. The van der Waals surface area contributed by atoms with Crippen molar-refractivity contribution < 1.29 is 29.5 Å². The van der Waals surface area contributed by atoms with Gasteiger partial charge in [-0.1, -0.05) is 56.1 Å². The van der Waals surface area contributed by atoms with Crippen molar-refractivity contribution in [1.82, 2.24) is 0 Å². The molecule has 0 aliphatic heterocycles. The van der Waals surface area contributed by atoms with Crippen LogP contribution in [0.3, 0.4) is 0 Å². The lowest BCUT2D eigenvalue weighted by molar-refractivity contribution is -0.158. The maximum absolute atomic E-state index is 11.6. The quantitative estimate of drug-likeness (QED) is 0.168. The third-order valence-corrected chi connectivity index (χ3v) is 17.0. The molecule has 0 aromatic rings. The maximum Gasteiger partial charge on any atom is 0.302 e. The molecule has 51 heavy (non-hydrogen) atoms. The first-order valence-corrected chi connectivity index (χ1v) is 20.4. The van der Waals surface area contributed by atoms with Crippen molar-refractivity contribution >= 4 is 23.4 Å². The average molecular weight is 705 g/mol. The van der Waals surface area contributed by atoms with Gasteiger partial charge in [0, 0.05) is 24.7 Å². The van der Waals surface area contributed by atoms with E-state index in [1.54, 1.807) is 13.8 Å². The summed E-state index contributed by atoms with van der Waals surface area (Å²) in [5.41, 5.74) is 5.52. The Kier molecular flexibility index (Phi) is 9.60. The van der Waals surface area contributed by atoms with Gasteiger partial charge >= 0.3 is 11.9 Å². The summed E-state index contributed by atoms with van der Waals surface area (Å²) in [6, 6.07) is 0. The van der Waals surface area contributed by atoms with E-state index in [2.05, 4.69) is 57.1 Å². The minimum absolute atomic E-state index is 0.102. The third-order valence-electron chi connectivity index (χ3n) is 17.0. The SMILES string of the molecule is CC(=O)OC1CCC2C3CC(C)C4=C/C(=N/O)CCC4(C)C3CCC12C.CC(=O)OC1CCC2C3CCC4=C/C(=N/O)CCC4(C)C3CCC12C. The van der Waals surface area contributed by atoms with Crippen LogP contribution in [0.5, 0.6) is 0 Å². The van der Waals surface area contributed by atoms with Crippen molar-refractivity contribution in [2.75, 3.05) is 0 Å². The maximum atomic E-state index is 11.6. The van der Waals surface area contributed by atoms with Crippen LogP contribution in [-0.2, 0) is 19.1 Å². The van der Waals surface area contributed by atoms with Crippen LogP contribution in [0.15, 0.2) is 33.6 Å². The largest absolute Gasteiger partial charge is 0.462 e. The lowest BCUT2D eigenvalue weighted by Gasteiger charge is -2.59. The zero-order valence-electron chi connectivity index (χ0n) is 32.4. The van der Waals surface area contributed by atoms with Crippen molar-refractivity contribution in [1.29, 1.82) is 0 Å². The van der Waals surface area contributed by atoms with Crippen molar-refractivity contribution in [3.05, 3.63) is 23.3 Å². The smallest absolute Gasteiger partial charge is 0.302 e. The van der Waals surface area contributed by atoms with Gasteiger partial charge < -0.3 is 19.9 Å². The van der Waals surface area contributed by atoms with Crippen molar-refractivity contribution in [2.24, 2.45) is 73.4 Å². The highest BCUT2D eigenvalue weighted by Crippen LogP contribution is 2.68. The van der Waals surface area contributed by atoms with Gasteiger partial charge in [-0.2, -0.15) is 0 Å². The molecule has 8 aliphatic rings. The Morgan fingerprint density at radius 2 is 1.16 bits per heavy atom. The standard InChI is InChI=1S/C22H33NO3.C21H31NO3/c1-13-11-16-17-5-6-20(26-14(2)24)22(17,4)10-8-18(16)21(3)9-7-15(23-25)12-19(13)21;1-13(23)25-19-7-6-17-16-5-4-14-12-15(22-24)8-10-20(14,2)18(16)9-11-21(17,19)3/h12-13,16-18,20,25H,5-11H2,1-4H3;12,16-19,24H,4-11H2,1-3H3/b23-15+;22-15+. The number of fused-ring (bicyclic) bond motifs is 10. The third kappa shape index (κ3) is 5.91. The second-order valence-corrected chi connectivity index (χ2v) is 19.2. The van der Waals surface area contributed by atoms with Crippen LogP contribution >= 0.6 is 0 Å². The predicted molar refractivity (Wildman–Crippen MR) is 198 cm³/mol. The number of ether oxygens (including phenoxy) is 2. The topological polar surface area (TPSA) is 118 Å². The zero-order chi connectivity index (χ0) is 36.5. The summed E-state index contributed by atoms with van der Waals surface area (Å²) in [4.78, 5) is 23.1. The fraction of sp³-hybridized carbons (Fsp3) is 0.814. The second-order valence-electron chi connectivity index (χ2n) is 19.2. The first kappa shape index (κ1) is 36.7. The molecular formula is C43H64N2O6. The molecule has 0 radical (unpaired) electrons. The fourth-order valence-electron chi connectivity index (χ4n) is 14.4. The van der Waals surface area contributed by atoms with Gasteiger partial charge in [0.05, 0.1) is 11.4 Å². The summed E-state index contributed by atoms with van der Waals surface area (Å²) < 4.78 is 11.5. The number of hydrogen-bond acceptors (Lipinski definition) is 8. The molecule has 13 unspecified atom stereocenters. The molecule has 0 aromatic carbocycles. The highest BCUT2D eigenvalue weighted by Gasteiger charge is 2.62. The Morgan fingerprint density at radius 1 is 0.647 bits per heavy atom. The van der Waals surface area contributed by atoms with Crippen molar-refractivity contribution in [3.63, 3.8) is 0 Å². The second kappa shape index (κ2) is 13.3. The molecular weight excluding hydrogens is 640 g/mol. The summed E-state index contributed by atoms with van der Waals surface area (Å²) in [7, 11) is 0. The van der Waals surface area contributed by atoms with Gasteiger partial charge in [0.2, 0.25) is 0 Å². The molecule has 0 bridgehead atoms. The minimum atomic E-state index is -0.128. The van der Waals surface area contributed by atoms with E-state index >= 15 is 0 Å². The fourth-order valence-corrected chi connectivity index (χ4v) is 14.4. The van der Waals surface area contributed by atoms with Gasteiger partial charge in [0.1, 0.15) is 12.2 Å². The Hall–Kier alpha value is -2.64. The Labute approximate surface area is 305 Å². The summed E-state index contributed by atoms with van der Waals surface area (Å²) in [6.07, 6.45) is 21.4. The molecule has 8 rings (SSSR count).